The number of nitrogens with two attached hydrogens (primary N) is 1. The van der Waals surface area contributed by atoms with Crippen LogP contribution < -0.4 is 11.3 Å². The number of H-pyrrole nitrogens is 1. The number of imidazole rings is 1. The number of aromatic nitrogens is 4. The first-order valence-electron chi connectivity index (χ1n) is 7.88. The van der Waals surface area contributed by atoms with Crippen LogP contribution in [0.3, 0.4) is 0 Å². The van der Waals surface area contributed by atoms with Gasteiger partial charge in [0, 0.05) is 5.75 Å². The van der Waals surface area contributed by atoms with Gasteiger partial charge in [0.2, 0.25) is 0 Å². The van der Waals surface area contributed by atoms with Crippen LogP contribution in [-0.4, -0.2) is 76.7 Å². The molecule has 26 heavy (non-hydrogen) atoms. The Hall–Kier alpha value is -1.99. The number of nitrogens with zero attached hydrogens (tertiary/aromatic N) is 3. The number of hydrogen-bond donors (Lipinski definition) is 5. The Morgan fingerprint density at radius 3 is 2.92 bits per heavy atom. The summed E-state index contributed by atoms with van der Waals surface area (Å²) in [6.45, 7) is 0. The third-order valence-electron chi connectivity index (χ3n) is 4.15. The van der Waals surface area contributed by atoms with E-state index in [4.69, 9.17) is 15.6 Å². The Balaban J connectivity index is 1.65. The second-order valence-electron chi connectivity index (χ2n) is 5.91. The summed E-state index contributed by atoms with van der Waals surface area (Å²) in [6, 6.07) is -0.934. The molecule has 0 bridgehead atoms. The van der Waals surface area contributed by atoms with Crippen LogP contribution in [0.2, 0.25) is 0 Å². The normalized spacial score (nSPS) is 27.0. The quantitative estimate of drug-likeness (QED) is 0.344. The number of hydrogen-bond acceptors (Lipinski definition) is 9. The fraction of sp³-hybridized carbons (Fsp3) is 0.571. The van der Waals surface area contributed by atoms with E-state index >= 15 is 0 Å². The van der Waals surface area contributed by atoms with Gasteiger partial charge in [-0.05, 0) is 12.2 Å². The second-order valence-corrected chi connectivity index (χ2v) is 7.06. The van der Waals surface area contributed by atoms with E-state index in [1.165, 1.54) is 29.0 Å². The molecule has 1 unspecified atom stereocenters. The number of thioether (sulfide) groups is 1. The first-order chi connectivity index (χ1) is 12.4. The molecule has 6 N–H and O–H groups in total. The molecule has 0 aliphatic carbocycles. The number of rotatable bonds is 7. The number of carbonyl (C=O) groups is 1. The van der Waals surface area contributed by atoms with Crippen LogP contribution in [0.15, 0.2) is 17.4 Å². The van der Waals surface area contributed by atoms with Gasteiger partial charge in [0.15, 0.2) is 17.4 Å². The smallest absolute Gasteiger partial charge is 0.320 e. The highest BCUT2D eigenvalue weighted by atomic mass is 32.2. The lowest BCUT2D eigenvalue weighted by molar-refractivity contribution is -0.138. The van der Waals surface area contributed by atoms with Crippen molar-refractivity contribution in [3.63, 3.8) is 0 Å². The highest BCUT2D eigenvalue weighted by molar-refractivity contribution is 7.99. The van der Waals surface area contributed by atoms with Crippen molar-refractivity contribution in [2.45, 2.75) is 37.0 Å². The molecular weight excluding hydrogens is 366 g/mol. The van der Waals surface area contributed by atoms with E-state index in [-0.39, 0.29) is 17.6 Å². The molecule has 1 aliphatic rings. The van der Waals surface area contributed by atoms with Crippen molar-refractivity contribution in [2.24, 2.45) is 5.73 Å². The minimum atomic E-state index is -1.22. The van der Waals surface area contributed by atoms with E-state index in [0.717, 1.165) is 0 Å². The molecule has 0 saturated carbocycles. The number of nitrogens with one attached hydrogen (secondary N) is 1. The maximum absolute atomic E-state index is 11.7. The van der Waals surface area contributed by atoms with Crippen LogP contribution >= 0.6 is 11.8 Å². The van der Waals surface area contributed by atoms with Gasteiger partial charge in [0.25, 0.3) is 5.56 Å². The SMILES string of the molecule is NC(CCSC[C@H]1O[C@@H](n2cnc3c(=O)[nH]cnc32)[C@H](O)[C@@H]1O)C(=O)O. The molecule has 1 fully saturated rings. The number of aliphatic hydroxyl groups excluding tert-OH is 2. The summed E-state index contributed by atoms with van der Waals surface area (Å²) in [4.78, 5) is 32.8. The van der Waals surface area contributed by atoms with Crippen LogP contribution in [0, 0.1) is 0 Å². The standard InChI is InChI=1S/C14H19N5O6S/c15-6(14(23)24)1-2-26-3-7-9(20)10(21)13(25-7)19-5-18-8-11(19)16-4-17-12(8)22/h4-7,9-10,13,20-21H,1-3,15H2,(H,23,24)(H,16,17,22)/t6?,7-,9-,10-,13-/m1/s1. The van der Waals surface area contributed by atoms with Crippen molar-refractivity contribution < 1.29 is 24.9 Å². The Bertz CT molecular complexity index is 841. The summed E-state index contributed by atoms with van der Waals surface area (Å²) in [5, 5.41) is 29.3. The molecule has 1 aliphatic heterocycles. The molecule has 1 saturated heterocycles. The van der Waals surface area contributed by atoms with Gasteiger partial charge < -0.3 is 30.8 Å². The molecule has 11 nitrogen and oxygen atoms in total. The largest absolute Gasteiger partial charge is 0.480 e. The number of fused-ring (bicyclic) bond motifs is 1. The van der Waals surface area contributed by atoms with Crippen molar-refractivity contribution in [2.75, 3.05) is 11.5 Å². The Labute approximate surface area is 151 Å². The number of aliphatic carboxylic acids is 1. The number of carboxylic acids is 1. The average Bonchev–Trinajstić information content (AvgIpc) is 3.15. The van der Waals surface area contributed by atoms with E-state index in [1.807, 2.05) is 0 Å². The third kappa shape index (κ3) is 3.59. The Morgan fingerprint density at radius 1 is 1.42 bits per heavy atom. The predicted octanol–water partition coefficient (Wildman–Crippen LogP) is -1.73. The van der Waals surface area contributed by atoms with Gasteiger partial charge in [-0.2, -0.15) is 11.8 Å². The van der Waals surface area contributed by atoms with Crippen LogP contribution in [0.1, 0.15) is 12.6 Å². The fourth-order valence-corrected chi connectivity index (χ4v) is 3.77. The minimum absolute atomic E-state index is 0.110. The third-order valence-corrected chi connectivity index (χ3v) is 5.24. The van der Waals surface area contributed by atoms with Crippen molar-refractivity contribution >= 4 is 28.9 Å². The minimum Gasteiger partial charge on any atom is -0.480 e. The number of aliphatic hydroxyl groups is 2. The maximum atomic E-state index is 11.7. The predicted molar refractivity (Wildman–Crippen MR) is 91.6 cm³/mol. The monoisotopic (exact) mass is 385 g/mol. The van der Waals surface area contributed by atoms with E-state index in [1.54, 1.807) is 0 Å². The zero-order valence-electron chi connectivity index (χ0n) is 13.6. The van der Waals surface area contributed by atoms with Gasteiger partial charge in [-0.15, -0.1) is 0 Å². The summed E-state index contributed by atoms with van der Waals surface area (Å²) >= 11 is 1.37. The first-order valence-corrected chi connectivity index (χ1v) is 9.03. The Kier molecular flexibility index (Phi) is 5.58. The molecule has 5 atom stereocenters. The zero-order valence-corrected chi connectivity index (χ0v) is 14.4. The fourth-order valence-electron chi connectivity index (χ4n) is 2.68. The number of carboxylic acid groups (broad SMARTS) is 1. The summed E-state index contributed by atoms with van der Waals surface area (Å²) in [5.74, 6) is -0.235. The van der Waals surface area contributed by atoms with Gasteiger partial charge in [0.05, 0.1) is 18.8 Å². The van der Waals surface area contributed by atoms with Gasteiger partial charge in [-0.3, -0.25) is 14.2 Å². The number of ether oxygens (including phenoxy) is 1. The lowest BCUT2D eigenvalue weighted by Crippen LogP contribution is -2.33. The molecule has 0 spiro atoms. The molecule has 0 aromatic carbocycles. The zero-order chi connectivity index (χ0) is 18.8. The van der Waals surface area contributed by atoms with Crippen molar-refractivity contribution in [1.82, 2.24) is 19.5 Å². The van der Waals surface area contributed by atoms with Crippen molar-refractivity contribution in [1.29, 1.82) is 0 Å². The first kappa shape index (κ1) is 18.8. The van der Waals surface area contributed by atoms with E-state index in [2.05, 4.69) is 15.0 Å². The molecular formula is C14H19N5O6S. The van der Waals surface area contributed by atoms with E-state index < -0.39 is 42.1 Å². The van der Waals surface area contributed by atoms with Gasteiger partial charge >= 0.3 is 5.97 Å². The van der Waals surface area contributed by atoms with Gasteiger partial charge in [-0.1, -0.05) is 0 Å². The summed E-state index contributed by atoms with van der Waals surface area (Å²) < 4.78 is 7.14. The van der Waals surface area contributed by atoms with Crippen LogP contribution in [0.5, 0.6) is 0 Å². The molecule has 3 rings (SSSR count). The van der Waals surface area contributed by atoms with Crippen LogP contribution in [-0.2, 0) is 9.53 Å². The van der Waals surface area contributed by atoms with Gasteiger partial charge in [0.1, 0.15) is 18.2 Å². The van der Waals surface area contributed by atoms with Crippen LogP contribution in [0.25, 0.3) is 11.2 Å². The molecule has 2 aromatic heterocycles. The molecule has 2 aromatic rings. The highest BCUT2D eigenvalue weighted by Gasteiger charge is 2.44. The van der Waals surface area contributed by atoms with Crippen molar-refractivity contribution in [3.05, 3.63) is 23.0 Å². The lowest BCUT2D eigenvalue weighted by Gasteiger charge is -2.16. The highest BCUT2D eigenvalue weighted by Crippen LogP contribution is 2.32. The molecule has 12 heteroatoms. The van der Waals surface area contributed by atoms with E-state index in [9.17, 15) is 19.8 Å². The maximum Gasteiger partial charge on any atom is 0.320 e. The summed E-state index contributed by atoms with van der Waals surface area (Å²) in [7, 11) is 0. The molecule has 0 radical (unpaired) electrons. The second kappa shape index (κ2) is 7.72. The van der Waals surface area contributed by atoms with Gasteiger partial charge in [-0.25, -0.2) is 9.97 Å². The molecule has 0 amide bonds. The average molecular weight is 385 g/mol. The van der Waals surface area contributed by atoms with E-state index in [0.29, 0.717) is 11.5 Å². The van der Waals surface area contributed by atoms with Crippen LogP contribution in [0.4, 0.5) is 0 Å². The summed E-state index contributed by atoms with van der Waals surface area (Å²) in [6.07, 6.45) is -1.13. The lowest BCUT2D eigenvalue weighted by atomic mass is 10.1. The molecule has 3 heterocycles. The summed E-state index contributed by atoms with van der Waals surface area (Å²) in [5.41, 5.74) is 5.37. The molecule has 142 valence electrons. The topological polar surface area (TPSA) is 177 Å². The number of aromatic amines is 1. The Morgan fingerprint density at radius 2 is 2.19 bits per heavy atom. The van der Waals surface area contributed by atoms with Crippen molar-refractivity contribution in [3.8, 4) is 0 Å².